The lowest BCUT2D eigenvalue weighted by molar-refractivity contribution is 0.356. The molecule has 0 saturated heterocycles. The van der Waals surface area contributed by atoms with Crippen molar-refractivity contribution >= 4 is 10.0 Å². The first-order chi connectivity index (χ1) is 8.87. The lowest BCUT2D eigenvalue weighted by Gasteiger charge is -2.21. The molecular formula is C13H21FN2O2S. The van der Waals surface area contributed by atoms with E-state index in [9.17, 15) is 12.8 Å². The van der Waals surface area contributed by atoms with Crippen molar-refractivity contribution in [1.82, 2.24) is 9.21 Å². The van der Waals surface area contributed by atoms with Crippen molar-refractivity contribution in [3.8, 4) is 0 Å². The quantitative estimate of drug-likeness (QED) is 0.768. The maximum atomic E-state index is 12.8. The van der Waals surface area contributed by atoms with Crippen molar-refractivity contribution in [3.63, 3.8) is 0 Å². The second-order valence-electron chi connectivity index (χ2n) is 4.61. The standard InChI is InChI=1S/C13H21FN2O2S/c1-4-16(11-5-10-15(2)3)19(17,18)13-8-6-12(14)7-9-13/h6-9H,4-5,10-11H2,1-3H3. The summed E-state index contributed by atoms with van der Waals surface area (Å²) in [6.45, 7) is 3.51. The molecule has 0 aromatic heterocycles. The summed E-state index contributed by atoms with van der Waals surface area (Å²) in [7, 11) is 0.381. The van der Waals surface area contributed by atoms with Crippen LogP contribution in [0.2, 0.25) is 0 Å². The molecule has 108 valence electrons. The van der Waals surface area contributed by atoms with Gasteiger partial charge >= 0.3 is 0 Å². The van der Waals surface area contributed by atoms with Crippen LogP contribution in [0, 0.1) is 5.82 Å². The minimum Gasteiger partial charge on any atom is -0.309 e. The molecule has 0 aliphatic rings. The third kappa shape index (κ3) is 4.56. The molecule has 4 nitrogen and oxygen atoms in total. The zero-order valence-corrected chi connectivity index (χ0v) is 12.5. The van der Waals surface area contributed by atoms with Crippen LogP contribution in [-0.2, 0) is 10.0 Å². The van der Waals surface area contributed by atoms with E-state index in [1.165, 1.54) is 28.6 Å². The third-order valence-electron chi connectivity index (χ3n) is 2.82. The molecule has 0 amide bonds. The molecule has 1 aromatic rings. The van der Waals surface area contributed by atoms with Gasteiger partial charge in [-0.15, -0.1) is 0 Å². The first-order valence-electron chi connectivity index (χ1n) is 6.28. The summed E-state index contributed by atoms with van der Waals surface area (Å²) in [6.07, 6.45) is 0.765. The molecular weight excluding hydrogens is 267 g/mol. The Bertz CT molecular complexity index is 486. The van der Waals surface area contributed by atoms with E-state index in [1.807, 2.05) is 19.0 Å². The van der Waals surface area contributed by atoms with E-state index in [-0.39, 0.29) is 4.90 Å². The molecule has 0 spiro atoms. The average Bonchev–Trinajstić information content (AvgIpc) is 2.34. The topological polar surface area (TPSA) is 40.6 Å². The van der Waals surface area contributed by atoms with E-state index in [1.54, 1.807) is 6.92 Å². The average molecular weight is 288 g/mol. The lowest BCUT2D eigenvalue weighted by Crippen LogP contribution is -2.33. The van der Waals surface area contributed by atoms with Crippen LogP contribution in [0.15, 0.2) is 29.2 Å². The van der Waals surface area contributed by atoms with Gasteiger partial charge in [0.05, 0.1) is 4.90 Å². The molecule has 19 heavy (non-hydrogen) atoms. The van der Waals surface area contributed by atoms with Crippen molar-refractivity contribution in [3.05, 3.63) is 30.1 Å². The monoisotopic (exact) mass is 288 g/mol. The fraction of sp³-hybridized carbons (Fsp3) is 0.538. The summed E-state index contributed by atoms with van der Waals surface area (Å²) < 4.78 is 38.9. The predicted octanol–water partition coefficient (Wildman–Crippen LogP) is 1.79. The fourth-order valence-electron chi connectivity index (χ4n) is 1.77. The van der Waals surface area contributed by atoms with Gasteiger partial charge in [0.2, 0.25) is 10.0 Å². The van der Waals surface area contributed by atoms with Crippen molar-refractivity contribution in [2.45, 2.75) is 18.2 Å². The van der Waals surface area contributed by atoms with Crippen LogP contribution in [0.4, 0.5) is 4.39 Å². The van der Waals surface area contributed by atoms with Crippen molar-refractivity contribution in [2.24, 2.45) is 0 Å². The first-order valence-corrected chi connectivity index (χ1v) is 7.72. The number of benzene rings is 1. The predicted molar refractivity (Wildman–Crippen MR) is 74.0 cm³/mol. The molecule has 0 unspecified atom stereocenters. The van der Waals surface area contributed by atoms with Crippen LogP contribution in [0.5, 0.6) is 0 Å². The van der Waals surface area contributed by atoms with Crippen molar-refractivity contribution in [1.29, 1.82) is 0 Å². The molecule has 0 saturated carbocycles. The van der Waals surface area contributed by atoms with Gasteiger partial charge in [0, 0.05) is 13.1 Å². The normalized spacial score (nSPS) is 12.3. The summed E-state index contributed by atoms with van der Waals surface area (Å²) in [5.41, 5.74) is 0. The zero-order valence-electron chi connectivity index (χ0n) is 11.6. The van der Waals surface area contributed by atoms with Crippen LogP contribution in [-0.4, -0.2) is 51.4 Å². The second-order valence-corrected chi connectivity index (χ2v) is 6.55. The Morgan fingerprint density at radius 3 is 2.16 bits per heavy atom. The Balaban J connectivity index is 2.80. The fourth-order valence-corrected chi connectivity index (χ4v) is 3.25. The molecule has 6 heteroatoms. The van der Waals surface area contributed by atoms with Gasteiger partial charge in [-0.2, -0.15) is 4.31 Å². The molecule has 0 aliphatic carbocycles. The van der Waals surface area contributed by atoms with E-state index in [0.717, 1.165) is 13.0 Å². The third-order valence-corrected chi connectivity index (χ3v) is 4.81. The van der Waals surface area contributed by atoms with Gasteiger partial charge in [0.15, 0.2) is 0 Å². The van der Waals surface area contributed by atoms with Crippen LogP contribution < -0.4 is 0 Å². The molecule has 0 aliphatic heterocycles. The summed E-state index contributed by atoms with van der Waals surface area (Å²) in [5.74, 6) is -0.436. The lowest BCUT2D eigenvalue weighted by atomic mass is 10.4. The highest BCUT2D eigenvalue weighted by molar-refractivity contribution is 7.89. The Labute approximate surface area is 114 Å². The van der Waals surface area contributed by atoms with Crippen LogP contribution >= 0.6 is 0 Å². The van der Waals surface area contributed by atoms with E-state index in [2.05, 4.69) is 0 Å². The van der Waals surface area contributed by atoms with Gasteiger partial charge in [0.25, 0.3) is 0 Å². The van der Waals surface area contributed by atoms with Crippen LogP contribution in [0.25, 0.3) is 0 Å². The highest BCUT2D eigenvalue weighted by Gasteiger charge is 2.22. The Morgan fingerprint density at radius 2 is 1.68 bits per heavy atom. The molecule has 0 heterocycles. The van der Waals surface area contributed by atoms with Gasteiger partial charge in [-0.05, 0) is 51.3 Å². The van der Waals surface area contributed by atoms with Crippen molar-refractivity contribution in [2.75, 3.05) is 33.7 Å². The summed E-state index contributed by atoms with van der Waals surface area (Å²) in [4.78, 5) is 2.15. The summed E-state index contributed by atoms with van der Waals surface area (Å²) in [5, 5.41) is 0. The highest BCUT2D eigenvalue weighted by atomic mass is 32.2. The Kier molecular flexibility index (Phi) is 5.90. The van der Waals surface area contributed by atoms with E-state index in [4.69, 9.17) is 0 Å². The number of hydrogen-bond donors (Lipinski definition) is 0. The molecule has 0 fully saturated rings. The molecule has 0 radical (unpaired) electrons. The second kappa shape index (κ2) is 6.98. The maximum Gasteiger partial charge on any atom is 0.243 e. The molecule has 0 N–H and O–H groups in total. The Hall–Kier alpha value is -0.980. The SMILES string of the molecule is CCN(CCCN(C)C)S(=O)(=O)c1ccc(F)cc1. The van der Waals surface area contributed by atoms with E-state index < -0.39 is 15.8 Å². The number of halogens is 1. The zero-order chi connectivity index (χ0) is 14.5. The van der Waals surface area contributed by atoms with Gasteiger partial charge in [0.1, 0.15) is 5.82 Å². The number of nitrogens with zero attached hydrogens (tertiary/aromatic N) is 2. The van der Waals surface area contributed by atoms with E-state index >= 15 is 0 Å². The summed E-state index contributed by atoms with van der Waals surface area (Å²) >= 11 is 0. The Morgan fingerprint density at radius 1 is 1.11 bits per heavy atom. The smallest absolute Gasteiger partial charge is 0.243 e. The van der Waals surface area contributed by atoms with E-state index in [0.29, 0.717) is 13.1 Å². The van der Waals surface area contributed by atoms with Gasteiger partial charge in [-0.1, -0.05) is 6.92 Å². The number of sulfonamides is 1. The molecule has 1 aromatic carbocycles. The number of rotatable bonds is 7. The van der Waals surface area contributed by atoms with Gasteiger partial charge < -0.3 is 4.90 Å². The molecule has 0 bridgehead atoms. The maximum absolute atomic E-state index is 12.8. The van der Waals surface area contributed by atoms with Gasteiger partial charge in [-0.3, -0.25) is 0 Å². The minimum atomic E-state index is -3.52. The first kappa shape index (κ1) is 16.1. The molecule has 1 rings (SSSR count). The number of hydrogen-bond acceptors (Lipinski definition) is 3. The van der Waals surface area contributed by atoms with Gasteiger partial charge in [-0.25, -0.2) is 12.8 Å². The largest absolute Gasteiger partial charge is 0.309 e. The summed E-state index contributed by atoms with van der Waals surface area (Å²) in [6, 6.07) is 4.94. The van der Waals surface area contributed by atoms with Crippen LogP contribution in [0.3, 0.4) is 0 Å². The van der Waals surface area contributed by atoms with Crippen molar-refractivity contribution < 1.29 is 12.8 Å². The highest BCUT2D eigenvalue weighted by Crippen LogP contribution is 2.16. The minimum absolute atomic E-state index is 0.139. The van der Waals surface area contributed by atoms with Crippen LogP contribution in [0.1, 0.15) is 13.3 Å². The molecule has 0 atom stereocenters.